The summed E-state index contributed by atoms with van der Waals surface area (Å²) in [7, 11) is 0. The van der Waals surface area contributed by atoms with Gasteiger partial charge in [-0.1, -0.05) is 19.1 Å². The third kappa shape index (κ3) is 4.70. The van der Waals surface area contributed by atoms with Crippen LogP contribution in [0.15, 0.2) is 18.2 Å². The van der Waals surface area contributed by atoms with Crippen molar-refractivity contribution in [1.82, 2.24) is 10.6 Å². The Hall–Kier alpha value is -1.62. The molecule has 0 radical (unpaired) electrons. The van der Waals surface area contributed by atoms with Crippen molar-refractivity contribution in [1.29, 1.82) is 0 Å². The first-order valence-electron chi connectivity index (χ1n) is 7.57. The minimum atomic E-state index is -0.715. The maximum absolute atomic E-state index is 14.0. The number of carbonyl (C=O) groups is 1. The first-order valence-corrected chi connectivity index (χ1v) is 7.57. The van der Waals surface area contributed by atoms with Gasteiger partial charge in [-0.2, -0.15) is 0 Å². The minimum absolute atomic E-state index is 0.171. The molecule has 21 heavy (non-hydrogen) atoms. The fraction of sp³-hybridized carbons (Fsp3) is 0.562. The van der Waals surface area contributed by atoms with Crippen LogP contribution in [-0.4, -0.2) is 24.6 Å². The van der Waals surface area contributed by atoms with Crippen LogP contribution in [0, 0.1) is 5.82 Å². The van der Waals surface area contributed by atoms with Gasteiger partial charge in [-0.3, -0.25) is 4.79 Å². The van der Waals surface area contributed by atoms with Gasteiger partial charge in [-0.25, -0.2) is 4.39 Å². The van der Waals surface area contributed by atoms with E-state index in [1.54, 1.807) is 13.0 Å². The standard InChI is InChI=1S/C16H23FN2O2/c1-3-9-18-16(20)11(2)21-15-12(5-4-6-14(15)17)10-19-13-7-8-13/h4-6,11,13,19H,3,7-10H2,1-2H3,(H,18,20). The van der Waals surface area contributed by atoms with E-state index >= 15 is 0 Å². The van der Waals surface area contributed by atoms with Gasteiger partial charge in [-0.05, 0) is 32.3 Å². The molecule has 2 rings (SSSR count). The van der Waals surface area contributed by atoms with Gasteiger partial charge in [0, 0.05) is 24.7 Å². The number of hydrogen-bond acceptors (Lipinski definition) is 3. The molecule has 1 saturated carbocycles. The van der Waals surface area contributed by atoms with Crippen molar-refractivity contribution in [3.8, 4) is 5.75 Å². The number of carbonyl (C=O) groups excluding carboxylic acids is 1. The van der Waals surface area contributed by atoms with Crippen LogP contribution >= 0.6 is 0 Å². The molecule has 116 valence electrons. The average Bonchev–Trinajstić information content (AvgIpc) is 3.29. The fourth-order valence-corrected chi connectivity index (χ4v) is 1.99. The predicted octanol–water partition coefficient (Wildman–Crippen LogP) is 2.37. The predicted molar refractivity (Wildman–Crippen MR) is 79.7 cm³/mol. The van der Waals surface area contributed by atoms with Gasteiger partial charge < -0.3 is 15.4 Å². The Morgan fingerprint density at radius 1 is 1.48 bits per heavy atom. The van der Waals surface area contributed by atoms with E-state index in [9.17, 15) is 9.18 Å². The van der Waals surface area contributed by atoms with Gasteiger partial charge in [0.05, 0.1) is 0 Å². The molecule has 1 atom stereocenters. The summed E-state index contributed by atoms with van der Waals surface area (Å²) in [5.74, 6) is -0.480. The van der Waals surface area contributed by atoms with Crippen LogP contribution in [0.25, 0.3) is 0 Å². The average molecular weight is 294 g/mol. The van der Waals surface area contributed by atoms with Crippen LogP contribution < -0.4 is 15.4 Å². The first kappa shape index (κ1) is 15.8. The van der Waals surface area contributed by atoms with Crippen molar-refractivity contribution in [2.75, 3.05) is 6.54 Å². The lowest BCUT2D eigenvalue weighted by molar-refractivity contribution is -0.127. The van der Waals surface area contributed by atoms with Crippen LogP contribution in [-0.2, 0) is 11.3 Å². The zero-order valence-electron chi connectivity index (χ0n) is 12.6. The van der Waals surface area contributed by atoms with Crippen molar-refractivity contribution in [2.45, 2.75) is 51.8 Å². The van der Waals surface area contributed by atoms with Crippen molar-refractivity contribution in [3.63, 3.8) is 0 Å². The second kappa shape index (κ2) is 7.41. The largest absolute Gasteiger partial charge is 0.477 e. The molecule has 1 aromatic rings. The highest BCUT2D eigenvalue weighted by Gasteiger charge is 2.22. The number of amides is 1. The molecule has 0 bridgehead atoms. The maximum Gasteiger partial charge on any atom is 0.260 e. The number of hydrogen-bond donors (Lipinski definition) is 2. The highest BCUT2D eigenvalue weighted by Crippen LogP contribution is 2.26. The SMILES string of the molecule is CCCNC(=O)C(C)Oc1c(F)cccc1CNC1CC1. The normalized spacial score (nSPS) is 15.6. The molecule has 4 nitrogen and oxygen atoms in total. The van der Waals surface area contributed by atoms with E-state index in [-0.39, 0.29) is 11.7 Å². The zero-order chi connectivity index (χ0) is 15.2. The molecule has 1 aliphatic carbocycles. The Morgan fingerprint density at radius 3 is 2.90 bits per heavy atom. The smallest absolute Gasteiger partial charge is 0.260 e. The minimum Gasteiger partial charge on any atom is -0.477 e. The van der Waals surface area contributed by atoms with E-state index in [0.29, 0.717) is 19.1 Å². The molecule has 1 aliphatic rings. The van der Waals surface area contributed by atoms with Crippen LogP contribution in [0.2, 0.25) is 0 Å². The number of benzene rings is 1. The third-order valence-corrected chi connectivity index (χ3v) is 3.42. The summed E-state index contributed by atoms with van der Waals surface area (Å²) in [6.07, 6.45) is 2.48. The molecule has 0 heterocycles. The van der Waals surface area contributed by atoms with Gasteiger partial charge in [0.25, 0.3) is 5.91 Å². The number of para-hydroxylation sites is 1. The zero-order valence-corrected chi connectivity index (χ0v) is 12.6. The van der Waals surface area contributed by atoms with E-state index in [1.807, 2.05) is 13.0 Å². The lowest BCUT2D eigenvalue weighted by Crippen LogP contribution is -2.37. The lowest BCUT2D eigenvalue weighted by Gasteiger charge is -2.18. The molecular formula is C16H23FN2O2. The van der Waals surface area contributed by atoms with Crippen LogP contribution in [0.4, 0.5) is 4.39 Å². The Bertz CT molecular complexity index is 489. The second-order valence-electron chi connectivity index (χ2n) is 5.43. The second-order valence-corrected chi connectivity index (χ2v) is 5.43. The molecule has 0 aliphatic heterocycles. The van der Waals surface area contributed by atoms with Crippen molar-refractivity contribution >= 4 is 5.91 Å². The number of ether oxygens (including phenoxy) is 1. The summed E-state index contributed by atoms with van der Waals surface area (Å²) in [5.41, 5.74) is 0.747. The van der Waals surface area contributed by atoms with Gasteiger partial charge >= 0.3 is 0 Å². The van der Waals surface area contributed by atoms with E-state index in [0.717, 1.165) is 12.0 Å². The van der Waals surface area contributed by atoms with E-state index in [4.69, 9.17) is 4.74 Å². The summed E-state index contributed by atoms with van der Waals surface area (Å²) in [5, 5.41) is 6.08. The molecular weight excluding hydrogens is 271 g/mol. The first-order chi connectivity index (χ1) is 10.1. The summed E-state index contributed by atoms with van der Waals surface area (Å²) in [6, 6.07) is 5.37. The molecule has 0 spiro atoms. The van der Waals surface area contributed by atoms with Gasteiger partial charge in [-0.15, -0.1) is 0 Å². The summed E-state index contributed by atoms with van der Waals surface area (Å²) < 4.78 is 19.5. The van der Waals surface area contributed by atoms with Crippen molar-refractivity contribution in [2.24, 2.45) is 0 Å². The third-order valence-electron chi connectivity index (χ3n) is 3.42. The molecule has 1 aromatic carbocycles. The van der Waals surface area contributed by atoms with Gasteiger partial charge in [0.1, 0.15) is 0 Å². The number of halogens is 1. The molecule has 1 amide bonds. The van der Waals surface area contributed by atoms with Crippen LogP contribution in [0.1, 0.15) is 38.7 Å². The summed E-state index contributed by atoms with van der Waals surface area (Å²) in [4.78, 5) is 11.8. The Kier molecular flexibility index (Phi) is 5.56. The van der Waals surface area contributed by atoms with Gasteiger partial charge in [0.15, 0.2) is 17.7 Å². The Balaban J connectivity index is 2.00. The van der Waals surface area contributed by atoms with E-state index in [1.165, 1.54) is 18.9 Å². The summed E-state index contributed by atoms with van der Waals surface area (Å²) >= 11 is 0. The molecule has 0 saturated heterocycles. The molecule has 1 fully saturated rings. The number of nitrogens with one attached hydrogen (secondary N) is 2. The quantitative estimate of drug-likeness (QED) is 0.774. The molecule has 0 aromatic heterocycles. The number of rotatable bonds is 8. The molecule has 1 unspecified atom stereocenters. The highest BCUT2D eigenvalue weighted by molar-refractivity contribution is 5.80. The summed E-state index contributed by atoms with van der Waals surface area (Å²) in [6.45, 7) is 4.76. The molecule has 5 heteroatoms. The van der Waals surface area contributed by atoms with Crippen LogP contribution in [0.5, 0.6) is 5.75 Å². The Labute approximate surface area is 125 Å². The highest BCUT2D eigenvalue weighted by atomic mass is 19.1. The monoisotopic (exact) mass is 294 g/mol. The fourth-order valence-electron chi connectivity index (χ4n) is 1.99. The van der Waals surface area contributed by atoms with E-state index < -0.39 is 11.9 Å². The molecule has 2 N–H and O–H groups in total. The topological polar surface area (TPSA) is 50.4 Å². The Morgan fingerprint density at radius 2 is 2.24 bits per heavy atom. The maximum atomic E-state index is 14.0. The van der Waals surface area contributed by atoms with E-state index in [2.05, 4.69) is 10.6 Å². The van der Waals surface area contributed by atoms with Crippen molar-refractivity contribution < 1.29 is 13.9 Å². The van der Waals surface area contributed by atoms with Crippen molar-refractivity contribution in [3.05, 3.63) is 29.6 Å². The lowest BCUT2D eigenvalue weighted by atomic mass is 10.2. The van der Waals surface area contributed by atoms with Gasteiger partial charge in [0.2, 0.25) is 0 Å². The van der Waals surface area contributed by atoms with Crippen LogP contribution in [0.3, 0.4) is 0 Å².